The van der Waals surface area contributed by atoms with E-state index in [1.54, 1.807) is 0 Å². The van der Waals surface area contributed by atoms with Crippen LogP contribution >= 0.6 is 0 Å². The Morgan fingerprint density at radius 2 is 2.05 bits per heavy atom. The molecule has 0 spiro atoms. The molecule has 1 unspecified atom stereocenters. The highest BCUT2D eigenvalue weighted by atomic mass is 19.1. The fourth-order valence-corrected chi connectivity index (χ4v) is 1.96. The fourth-order valence-electron chi connectivity index (χ4n) is 1.96. The van der Waals surface area contributed by atoms with Crippen LogP contribution in [0.25, 0.3) is 0 Å². The second-order valence-corrected chi connectivity index (χ2v) is 4.59. The van der Waals surface area contributed by atoms with Crippen molar-refractivity contribution in [2.75, 3.05) is 25.4 Å². The molecule has 19 heavy (non-hydrogen) atoms. The van der Waals surface area contributed by atoms with Crippen molar-refractivity contribution < 1.29 is 9.18 Å². The molecule has 4 nitrogen and oxygen atoms in total. The minimum Gasteiger partial charge on any atom is -0.398 e. The Labute approximate surface area is 113 Å². The predicted molar refractivity (Wildman–Crippen MR) is 75.5 cm³/mol. The third-order valence-corrected chi connectivity index (χ3v) is 3.06. The maximum absolute atomic E-state index is 12.9. The van der Waals surface area contributed by atoms with Gasteiger partial charge in [0.15, 0.2) is 0 Å². The number of anilines is 1. The monoisotopic (exact) mass is 267 g/mol. The van der Waals surface area contributed by atoms with Crippen LogP contribution in [0.3, 0.4) is 0 Å². The van der Waals surface area contributed by atoms with Crippen LogP contribution in [0, 0.1) is 5.82 Å². The maximum Gasteiger partial charge on any atom is 0.253 e. The molecule has 1 rings (SSSR count). The average molecular weight is 267 g/mol. The maximum atomic E-state index is 12.9. The number of hydrogen-bond acceptors (Lipinski definition) is 3. The summed E-state index contributed by atoms with van der Waals surface area (Å²) in [7, 11) is 0. The number of amides is 1. The number of nitrogen functional groups attached to an aromatic ring is 1. The van der Waals surface area contributed by atoms with E-state index in [0.29, 0.717) is 5.56 Å². The molecule has 0 aliphatic carbocycles. The topological polar surface area (TPSA) is 58.4 Å². The smallest absolute Gasteiger partial charge is 0.253 e. The molecule has 106 valence electrons. The van der Waals surface area contributed by atoms with Crippen molar-refractivity contribution in [3.05, 3.63) is 29.6 Å². The second-order valence-electron chi connectivity index (χ2n) is 4.59. The first-order chi connectivity index (χ1) is 8.97. The first-order valence-corrected chi connectivity index (χ1v) is 6.56. The minimum atomic E-state index is -0.440. The molecule has 0 heterocycles. The van der Waals surface area contributed by atoms with E-state index in [2.05, 4.69) is 24.1 Å². The van der Waals surface area contributed by atoms with E-state index in [1.807, 2.05) is 6.92 Å². The molecule has 0 fully saturated rings. The normalized spacial score (nSPS) is 12.5. The molecule has 1 aromatic carbocycles. The lowest BCUT2D eigenvalue weighted by molar-refractivity contribution is 0.0931. The van der Waals surface area contributed by atoms with Gasteiger partial charge in [-0.1, -0.05) is 13.8 Å². The number of nitrogens with two attached hydrogens (primary N) is 1. The Hall–Kier alpha value is -1.62. The summed E-state index contributed by atoms with van der Waals surface area (Å²) in [4.78, 5) is 14.2. The predicted octanol–water partition coefficient (Wildman–Crippen LogP) is 1.87. The van der Waals surface area contributed by atoms with Crippen molar-refractivity contribution >= 4 is 11.6 Å². The third kappa shape index (κ3) is 4.52. The van der Waals surface area contributed by atoms with Crippen molar-refractivity contribution in [1.29, 1.82) is 0 Å². The number of likely N-dealkylation sites (N-methyl/N-ethyl adjacent to an activating group) is 1. The number of carbonyl (C=O) groups is 1. The largest absolute Gasteiger partial charge is 0.398 e. The molecule has 1 atom stereocenters. The summed E-state index contributed by atoms with van der Waals surface area (Å²) < 4.78 is 12.9. The van der Waals surface area contributed by atoms with Crippen LogP contribution in [0.4, 0.5) is 10.1 Å². The van der Waals surface area contributed by atoms with Crippen LogP contribution in [-0.4, -0.2) is 36.5 Å². The van der Waals surface area contributed by atoms with E-state index < -0.39 is 5.82 Å². The number of nitrogens with one attached hydrogen (secondary N) is 1. The van der Waals surface area contributed by atoms with Gasteiger partial charge in [0.2, 0.25) is 0 Å². The summed E-state index contributed by atoms with van der Waals surface area (Å²) >= 11 is 0. The van der Waals surface area contributed by atoms with Gasteiger partial charge in [0.25, 0.3) is 5.91 Å². The zero-order chi connectivity index (χ0) is 14.4. The molecule has 0 aliphatic heterocycles. The second kappa shape index (κ2) is 7.09. The van der Waals surface area contributed by atoms with Gasteiger partial charge in [-0.05, 0) is 38.2 Å². The van der Waals surface area contributed by atoms with Crippen molar-refractivity contribution in [2.24, 2.45) is 0 Å². The Balaban J connectivity index is 2.63. The molecule has 0 saturated heterocycles. The first-order valence-electron chi connectivity index (χ1n) is 6.56. The lowest BCUT2D eigenvalue weighted by atomic mass is 10.1. The van der Waals surface area contributed by atoms with Crippen LogP contribution in [0.2, 0.25) is 0 Å². The van der Waals surface area contributed by atoms with Gasteiger partial charge < -0.3 is 16.0 Å². The van der Waals surface area contributed by atoms with Gasteiger partial charge >= 0.3 is 0 Å². The summed E-state index contributed by atoms with van der Waals surface area (Å²) in [5.74, 6) is -0.706. The number of halogens is 1. The van der Waals surface area contributed by atoms with E-state index in [4.69, 9.17) is 5.73 Å². The number of benzene rings is 1. The highest BCUT2D eigenvalue weighted by molar-refractivity contribution is 5.99. The molecular formula is C14H22FN3O. The van der Waals surface area contributed by atoms with Crippen LogP contribution in [0.1, 0.15) is 31.1 Å². The summed E-state index contributed by atoms with van der Waals surface area (Å²) in [6.45, 7) is 8.76. The SMILES string of the molecule is CCN(CC)CC(C)NC(=O)c1ccc(F)cc1N. The summed E-state index contributed by atoms with van der Waals surface area (Å²) in [6, 6.07) is 3.81. The highest BCUT2D eigenvalue weighted by Gasteiger charge is 2.14. The number of rotatable bonds is 6. The Bertz CT molecular complexity index is 433. The standard InChI is InChI=1S/C14H22FN3O/c1-4-18(5-2)9-10(3)17-14(19)12-7-6-11(15)8-13(12)16/h6-8,10H,4-5,9,16H2,1-3H3,(H,17,19). The van der Waals surface area contributed by atoms with Gasteiger partial charge in [-0.15, -0.1) is 0 Å². The van der Waals surface area contributed by atoms with Gasteiger partial charge in [0, 0.05) is 18.3 Å². The van der Waals surface area contributed by atoms with E-state index in [0.717, 1.165) is 25.7 Å². The Kier molecular flexibility index (Phi) is 5.76. The molecule has 0 aromatic heterocycles. The van der Waals surface area contributed by atoms with Crippen molar-refractivity contribution in [3.8, 4) is 0 Å². The highest BCUT2D eigenvalue weighted by Crippen LogP contribution is 2.13. The Morgan fingerprint density at radius 3 is 2.58 bits per heavy atom. The van der Waals surface area contributed by atoms with Crippen molar-refractivity contribution in [2.45, 2.75) is 26.8 Å². The van der Waals surface area contributed by atoms with Gasteiger partial charge in [0.05, 0.1) is 5.56 Å². The minimum absolute atomic E-state index is 0.0110. The van der Waals surface area contributed by atoms with Crippen LogP contribution in [0.15, 0.2) is 18.2 Å². The zero-order valence-electron chi connectivity index (χ0n) is 11.7. The third-order valence-electron chi connectivity index (χ3n) is 3.06. The van der Waals surface area contributed by atoms with Gasteiger partial charge in [-0.25, -0.2) is 4.39 Å². The van der Waals surface area contributed by atoms with Crippen LogP contribution in [0.5, 0.6) is 0 Å². The lowest BCUT2D eigenvalue weighted by Gasteiger charge is -2.23. The van der Waals surface area contributed by atoms with Gasteiger partial charge in [-0.3, -0.25) is 4.79 Å². The van der Waals surface area contributed by atoms with Crippen molar-refractivity contribution in [1.82, 2.24) is 10.2 Å². The first kappa shape index (κ1) is 15.4. The fraction of sp³-hybridized carbons (Fsp3) is 0.500. The quantitative estimate of drug-likeness (QED) is 0.774. The summed E-state index contributed by atoms with van der Waals surface area (Å²) in [5, 5.41) is 2.87. The van der Waals surface area contributed by atoms with E-state index >= 15 is 0 Å². The molecular weight excluding hydrogens is 245 g/mol. The van der Waals surface area contributed by atoms with Crippen LogP contribution < -0.4 is 11.1 Å². The molecule has 0 aliphatic rings. The molecule has 0 bridgehead atoms. The average Bonchev–Trinajstić information content (AvgIpc) is 2.35. The summed E-state index contributed by atoms with van der Waals surface area (Å²) in [5.41, 5.74) is 6.11. The Morgan fingerprint density at radius 1 is 1.42 bits per heavy atom. The molecule has 1 amide bonds. The number of nitrogens with zero attached hydrogens (tertiary/aromatic N) is 1. The molecule has 3 N–H and O–H groups in total. The lowest BCUT2D eigenvalue weighted by Crippen LogP contribution is -2.42. The molecule has 5 heteroatoms. The summed E-state index contributed by atoms with van der Waals surface area (Å²) in [6.07, 6.45) is 0. The molecule has 1 aromatic rings. The molecule has 0 saturated carbocycles. The molecule has 0 radical (unpaired) electrons. The van der Waals surface area contributed by atoms with Gasteiger partial charge in [-0.2, -0.15) is 0 Å². The van der Waals surface area contributed by atoms with E-state index in [1.165, 1.54) is 12.1 Å². The number of carbonyl (C=O) groups excluding carboxylic acids is 1. The van der Waals surface area contributed by atoms with Gasteiger partial charge in [0.1, 0.15) is 5.82 Å². The van der Waals surface area contributed by atoms with Crippen LogP contribution in [-0.2, 0) is 0 Å². The zero-order valence-corrected chi connectivity index (χ0v) is 11.7. The van der Waals surface area contributed by atoms with E-state index in [-0.39, 0.29) is 17.6 Å². The van der Waals surface area contributed by atoms with E-state index in [9.17, 15) is 9.18 Å². The number of hydrogen-bond donors (Lipinski definition) is 2. The van der Waals surface area contributed by atoms with Crippen molar-refractivity contribution in [3.63, 3.8) is 0 Å².